The van der Waals surface area contributed by atoms with Gasteiger partial charge in [-0.25, -0.2) is 14.8 Å². The predicted octanol–water partition coefficient (Wildman–Crippen LogP) is 3.93. The molecule has 0 aliphatic heterocycles. The van der Waals surface area contributed by atoms with Crippen molar-refractivity contribution in [3.8, 4) is 5.75 Å². The summed E-state index contributed by atoms with van der Waals surface area (Å²) >= 11 is 2.49. The van der Waals surface area contributed by atoms with E-state index in [1.54, 1.807) is 23.6 Å². The van der Waals surface area contributed by atoms with E-state index in [9.17, 15) is 14.4 Å². The first-order valence-corrected chi connectivity index (χ1v) is 11.4. The van der Waals surface area contributed by atoms with Gasteiger partial charge < -0.3 is 14.8 Å². The van der Waals surface area contributed by atoms with Gasteiger partial charge >= 0.3 is 5.97 Å². The molecular weight excluding hydrogens is 450 g/mol. The lowest BCUT2D eigenvalue weighted by atomic mass is 10.2. The van der Waals surface area contributed by atoms with Crippen LogP contribution in [0, 0.1) is 13.8 Å². The smallest absolute Gasteiger partial charge is 0.338 e. The third-order valence-electron chi connectivity index (χ3n) is 4.13. The predicted molar refractivity (Wildman–Crippen MR) is 123 cm³/mol. The van der Waals surface area contributed by atoms with Gasteiger partial charge in [-0.05, 0) is 49.6 Å². The third kappa shape index (κ3) is 6.38. The number of esters is 1. The topological polar surface area (TPSA) is 107 Å². The minimum atomic E-state index is -0.675. The quantitative estimate of drug-likeness (QED) is 0.216. The fourth-order valence-corrected chi connectivity index (χ4v) is 4.13. The van der Waals surface area contributed by atoms with Crippen LogP contribution < -0.4 is 10.1 Å². The van der Waals surface area contributed by atoms with Gasteiger partial charge in [0.05, 0.1) is 29.0 Å². The number of thiophene rings is 1. The van der Waals surface area contributed by atoms with Crippen molar-refractivity contribution in [2.75, 3.05) is 24.8 Å². The van der Waals surface area contributed by atoms with Crippen LogP contribution >= 0.6 is 23.1 Å². The number of amides is 1. The molecule has 1 N–H and O–H groups in total. The summed E-state index contributed by atoms with van der Waals surface area (Å²) in [5.41, 5.74) is 2.15. The number of aromatic nitrogens is 2. The van der Waals surface area contributed by atoms with E-state index in [0.717, 1.165) is 11.4 Å². The molecule has 0 radical (unpaired) electrons. The standard InChI is InChI=1S/C22H21N3O5S2/c1-13-9-14(2)24-22(23-13)32-12-20(27)25-16-10-15(6-7-18(16)29-3)21(28)30-11-17(26)19-5-4-8-31-19/h4-10H,11-12H2,1-3H3,(H,25,27). The SMILES string of the molecule is COc1ccc(C(=O)OCC(=O)c2cccs2)cc1NC(=O)CSc1nc(C)cc(C)n1. The zero-order chi connectivity index (χ0) is 23.1. The van der Waals surface area contributed by atoms with Crippen molar-refractivity contribution in [3.63, 3.8) is 0 Å². The van der Waals surface area contributed by atoms with Gasteiger partial charge in [-0.15, -0.1) is 11.3 Å². The molecule has 2 aromatic heterocycles. The number of ketones is 1. The van der Waals surface area contributed by atoms with Crippen LogP contribution in [0.2, 0.25) is 0 Å². The van der Waals surface area contributed by atoms with Crippen LogP contribution in [0.3, 0.4) is 0 Å². The second-order valence-corrected chi connectivity index (χ2v) is 8.55. The van der Waals surface area contributed by atoms with Crippen LogP contribution in [0.15, 0.2) is 46.9 Å². The molecule has 32 heavy (non-hydrogen) atoms. The molecule has 1 aromatic carbocycles. The maximum absolute atomic E-state index is 12.4. The van der Waals surface area contributed by atoms with Crippen LogP contribution in [-0.4, -0.2) is 47.1 Å². The largest absolute Gasteiger partial charge is 0.495 e. The van der Waals surface area contributed by atoms with Crippen molar-refractivity contribution in [1.29, 1.82) is 0 Å². The van der Waals surface area contributed by atoms with E-state index < -0.39 is 5.97 Å². The van der Waals surface area contributed by atoms with Crippen LogP contribution in [0.1, 0.15) is 31.4 Å². The summed E-state index contributed by atoms with van der Waals surface area (Å²) in [6, 6.07) is 9.78. The number of carbonyl (C=O) groups excluding carboxylic acids is 3. The van der Waals surface area contributed by atoms with Gasteiger partial charge in [0.15, 0.2) is 11.8 Å². The van der Waals surface area contributed by atoms with Crippen LogP contribution in [0.25, 0.3) is 0 Å². The zero-order valence-corrected chi connectivity index (χ0v) is 19.3. The maximum Gasteiger partial charge on any atom is 0.338 e. The van der Waals surface area contributed by atoms with Crippen molar-refractivity contribution >= 4 is 46.4 Å². The minimum absolute atomic E-state index is 0.0794. The molecule has 0 unspecified atom stereocenters. The number of Topliss-reactive ketones (excluding diaryl/α,β-unsaturated/α-hetero) is 1. The number of benzene rings is 1. The number of hydrogen-bond acceptors (Lipinski definition) is 9. The van der Waals surface area contributed by atoms with E-state index in [0.29, 0.717) is 21.5 Å². The second kappa shape index (κ2) is 10.9. The maximum atomic E-state index is 12.4. The Morgan fingerprint density at radius 3 is 2.50 bits per heavy atom. The molecule has 0 spiro atoms. The van der Waals surface area contributed by atoms with E-state index >= 15 is 0 Å². The number of nitrogens with zero attached hydrogens (tertiary/aromatic N) is 2. The molecule has 3 rings (SSSR count). The molecule has 166 valence electrons. The Labute approximate surface area is 193 Å². The number of thioether (sulfide) groups is 1. The number of ether oxygens (including phenoxy) is 2. The molecule has 0 atom stereocenters. The minimum Gasteiger partial charge on any atom is -0.495 e. The Bertz CT molecular complexity index is 1110. The Balaban J connectivity index is 1.62. The van der Waals surface area contributed by atoms with Crippen LogP contribution in [0.4, 0.5) is 5.69 Å². The van der Waals surface area contributed by atoms with Crippen molar-refractivity contribution in [3.05, 3.63) is 63.6 Å². The van der Waals surface area contributed by atoms with Gasteiger partial charge in [0.25, 0.3) is 0 Å². The summed E-state index contributed by atoms with van der Waals surface area (Å²) in [5.74, 6) is -0.797. The van der Waals surface area contributed by atoms with Crippen molar-refractivity contribution < 1.29 is 23.9 Å². The first-order chi connectivity index (χ1) is 15.4. The Kier molecular flexibility index (Phi) is 7.96. The first-order valence-electron chi connectivity index (χ1n) is 9.52. The highest BCUT2D eigenvalue weighted by Crippen LogP contribution is 2.26. The Morgan fingerprint density at radius 1 is 1.09 bits per heavy atom. The molecule has 0 bridgehead atoms. The average molecular weight is 472 g/mol. The number of methoxy groups -OCH3 is 1. The zero-order valence-electron chi connectivity index (χ0n) is 17.7. The van der Waals surface area contributed by atoms with Crippen molar-refractivity contribution in [2.45, 2.75) is 19.0 Å². The summed E-state index contributed by atoms with van der Waals surface area (Å²) < 4.78 is 10.4. The van der Waals surface area contributed by atoms with Gasteiger partial charge in [-0.1, -0.05) is 17.8 Å². The van der Waals surface area contributed by atoms with Crippen molar-refractivity contribution in [1.82, 2.24) is 9.97 Å². The molecule has 10 heteroatoms. The van der Waals surface area contributed by atoms with Gasteiger partial charge in [-0.2, -0.15) is 0 Å². The summed E-state index contributed by atoms with van der Waals surface area (Å²) in [6.07, 6.45) is 0. The number of rotatable bonds is 9. The monoisotopic (exact) mass is 471 g/mol. The molecule has 0 aliphatic rings. The summed E-state index contributed by atoms with van der Waals surface area (Å²) in [5, 5.41) is 5.02. The molecule has 0 saturated carbocycles. The van der Waals surface area contributed by atoms with Gasteiger partial charge in [0.2, 0.25) is 11.7 Å². The molecular formula is C22H21N3O5S2. The fourth-order valence-electron chi connectivity index (χ4n) is 2.73. The first kappa shape index (κ1) is 23.4. The lowest BCUT2D eigenvalue weighted by Gasteiger charge is -2.12. The van der Waals surface area contributed by atoms with Gasteiger partial charge in [0.1, 0.15) is 5.75 Å². The van der Waals surface area contributed by atoms with E-state index in [1.165, 1.54) is 42.3 Å². The Hall–Kier alpha value is -3.24. The van der Waals surface area contributed by atoms with Crippen molar-refractivity contribution in [2.24, 2.45) is 0 Å². The van der Waals surface area contributed by atoms with Crippen LogP contribution in [-0.2, 0) is 9.53 Å². The highest BCUT2D eigenvalue weighted by molar-refractivity contribution is 7.99. The van der Waals surface area contributed by atoms with Gasteiger partial charge in [-0.3, -0.25) is 9.59 Å². The van der Waals surface area contributed by atoms with Gasteiger partial charge in [0, 0.05) is 11.4 Å². The molecule has 3 aromatic rings. The number of nitrogens with one attached hydrogen (secondary N) is 1. The molecule has 1 amide bonds. The van der Waals surface area contributed by atoms with E-state index in [1.807, 2.05) is 19.9 Å². The second-order valence-electron chi connectivity index (χ2n) is 6.66. The molecule has 8 nitrogen and oxygen atoms in total. The summed E-state index contributed by atoms with van der Waals surface area (Å²) in [6.45, 7) is 3.37. The fraction of sp³-hybridized carbons (Fsp3) is 0.227. The number of carbonyl (C=O) groups is 3. The van der Waals surface area contributed by atoms with Crippen LogP contribution in [0.5, 0.6) is 5.75 Å². The Morgan fingerprint density at radius 2 is 1.84 bits per heavy atom. The molecule has 2 heterocycles. The normalized spacial score (nSPS) is 10.5. The van der Waals surface area contributed by atoms with E-state index in [2.05, 4.69) is 15.3 Å². The highest BCUT2D eigenvalue weighted by Gasteiger charge is 2.16. The third-order valence-corrected chi connectivity index (χ3v) is 5.89. The number of anilines is 1. The lowest BCUT2D eigenvalue weighted by molar-refractivity contribution is -0.113. The summed E-state index contributed by atoms with van der Waals surface area (Å²) in [4.78, 5) is 46.0. The van der Waals surface area contributed by atoms with E-state index in [-0.39, 0.29) is 29.6 Å². The number of hydrogen-bond donors (Lipinski definition) is 1. The van der Waals surface area contributed by atoms with E-state index in [4.69, 9.17) is 9.47 Å². The summed E-state index contributed by atoms with van der Waals surface area (Å²) in [7, 11) is 1.46. The highest BCUT2D eigenvalue weighted by atomic mass is 32.2. The number of aryl methyl sites for hydroxylation is 2. The molecule has 0 aliphatic carbocycles. The molecule has 0 fully saturated rings. The lowest BCUT2D eigenvalue weighted by Crippen LogP contribution is -2.17. The average Bonchev–Trinajstić information content (AvgIpc) is 3.30. The molecule has 0 saturated heterocycles.